The van der Waals surface area contributed by atoms with Gasteiger partial charge < -0.3 is 19.8 Å². The smallest absolute Gasteiger partial charge is 0.328 e. The minimum atomic E-state index is -1.01. The van der Waals surface area contributed by atoms with Crippen LogP contribution in [0.4, 0.5) is 5.82 Å². The number of hydrogen-bond acceptors (Lipinski definition) is 8. The molecule has 1 aromatic rings. The molecular weight excluding hydrogens is 344 g/mol. The number of ether oxygens (including phenoxy) is 2. The standard InChI is InChI=1S/C15H24N6O5/c1-5-25-11(22)8-7-10(15(24)26-6-2)18-14(23)12-13(17-9-16-12)19-20-21(3)4/h9-10H,5-8H2,1-4H3,(H,16,17)(H,18,23)/b20-19+. The fourth-order valence-electron chi connectivity index (χ4n) is 1.88. The van der Waals surface area contributed by atoms with Gasteiger partial charge in [-0.25, -0.2) is 9.78 Å². The van der Waals surface area contributed by atoms with E-state index in [1.54, 1.807) is 27.9 Å². The summed E-state index contributed by atoms with van der Waals surface area (Å²) in [4.78, 5) is 42.6. The zero-order chi connectivity index (χ0) is 19.5. The van der Waals surface area contributed by atoms with Gasteiger partial charge in [0, 0.05) is 20.5 Å². The van der Waals surface area contributed by atoms with E-state index in [0.29, 0.717) is 0 Å². The molecule has 1 unspecified atom stereocenters. The van der Waals surface area contributed by atoms with Gasteiger partial charge in [-0.15, -0.1) is 5.11 Å². The van der Waals surface area contributed by atoms with Crippen LogP contribution in [0.5, 0.6) is 0 Å². The van der Waals surface area contributed by atoms with Crippen molar-refractivity contribution in [3.63, 3.8) is 0 Å². The van der Waals surface area contributed by atoms with E-state index >= 15 is 0 Å². The highest BCUT2D eigenvalue weighted by atomic mass is 16.5. The van der Waals surface area contributed by atoms with Crippen molar-refractivity contribution < 1.29 is 23.9 Å². The number of H-pyrrole nitrogens is 1. The van der Waals surface area contributed by atoms with E-state index < -0.39 is 23.9 Å². The SMILES string of the molecule is CCOC(=O)CCC(NC(=O)c1[nH]cnc1/N=N/N(C)C)C(=O)OCC. The van der Waals surface area contributed by atoms with Crippen LogP contribution < -0.4 is 5.32 Å². The van der Waals surface area contributed by atoms with Gasteiger partial charge in [0.2, 0.25) is 5.82 Å². The van der Waals surface area contributed by atoms with Crippen molar-refractivity contribution in [3.8, 4) is 0 Å². The monoisotopic (exact) mass is 368 g/mol. The second kappa shape index (κ2) is 10.8. The second-order valence-electron chi connectivity index (χ2n) is 5.26. The molecule has 0 bridgehead atoms. The second-order valence-corrected chi connectivity index (χ2v) is 5.26. The van der Waals surface area contributed by atoms with Crippen LogP contribution in [0.2, 0.25) is 0 Å². The summed E-state index contributed by atoms with van der Waals surface area (Å²) in [5.41, 5.74) is 0.0426. The van der Waals surface area contributed by atoms with Crippen LogP contribution in [0.25, 0.3) is 0 Å². The minimum absolute atomic E-state index is 0.0340. The molecule has 0 aliphatic carbocycles. The molecule has 0 fully saturated rings. The van der Waals surface area contributed by atoms with Gasteiger partial charge >= 0.3 is 11.9 Å². The molecule has 0 radical (unpaired) electrons. The maximum absolute atomic E-state index is 12.4. The minimum Gasteiger partial charge on any atom is -0.466 e. The number of nitrogens with zero attached hydrogens (tertiary/aromatic N) is 4. The molecule has 1 atom stereocenters. The van der Waals surface area contributed by atoms with Gasteiger partial charge in [0.15, 0.2) is 5.69 Å². The van der Waals surface area contributed by atoms with Gasteiger partial charge in [-0.3, -0.25) is 14.6 Å². The highest BCUT2D eigenvalue weighted by Crippen LogP contribution is 2.15. The van der Waals surface area contributed by atoms with Crippen LogP contribution >= 0.6 is 0 Å². The average Bonchev–Trinajstić information content (AvgIpc) is 3.05. The maximum Gasteiger partial charge on any atom is 0.328 e. The van der Waals surface area contributed by atoms with E-state index in [-0.39, 0.29) is 37.6 Å². The largest absolute Gasteiger partial charge is 0.466 e. The van der Waals surface area contributed by atoms with E-state index in [4.69, 9.17) is 9.47 Å². The van der Waals surface area contributed by atoms with Crippen LogP contribution in [-0.4, -0.2) is 66.2 Å². The van der Waals surface area contributed by atoms with Crippen LogP contribution in [-0.2, 0) is 19.1 Å². The summed E-state index contributed by atoms with van der Waals surface area (Å²) in [6.45, 7) is 3.72. The molecule has 11 nitrogen and oxygen atoms in total. The molecule has 0 aliphatic rings. The van der Waals surface area contributed by atoms with Gasteiger partial charge in [-0.05, 0) is 20.3 Å². The van der Waals surface area contributed by atoms with Crippen LogP contribution in [0.15, 0.2) is 16.7 Å². The summed E-state index contributed by atoms with van der Waals surface area (Å²) in [6, 6.07) is -1.01. The lowest BCUT2D eigenvalue weighted by Crippen LogP contribution is -2.42. The summed E-state index contributed by atoms with van der Waals surface area (Å²) in [6.07, 6.45) is 1.30. The lowest BCUT2D eigenvalue weighted by molar-refractivity contribution is -0.146. The summed E-state index contributed by atoms with van der Waals surface area (Å²) >= 11 is 0. The quantitative estimate of drug-likeness (QED) is 0.356. The fraction of sp³-hybridized carbons (Fsp3) is 0.600. The molecule has 0 spiro atoms. The average molecular weight is 368 g/mol. The predicted octanol–water partition coefficient (Wildman–Crippen LogP) is 0.975. The summed E-state index contributed by atoms with van der Waals surface area (Å²) < 4.78 is 9.77. The highest BCUT2D eigenvalue weighted by molar-refractivity contribution is 5.98. The van der Waals surface area contributed by atoms with Gasteiger partial charge in [0.25, 0.3) is 5.91 Å². The van der Waals surface area contributed by atoms with E-state index in [1.807, 2.05) is 0 Å². The van der Waals surface area contributed by atoms with Crippen LogP contribution in [0.1, 0.15) is 37.2 Å². The molecule has 0 saturated carbocycles. The Hall–Kier alpha value is -2.98. The molecule has 144 valence electrons. The molecule has 0 aromatic carbocycles. The zero-order valence-corrected chi connectivity index (χ0v) is 15.3. The third-order valence-electron chi connectivity index (χ3n) is 2.98. The van der Waals surface area contributed by atoms with Crippen molar-refractivity contribution in [2.45, 2.75) is 32.7 Å². The molecule has 1 amide bonds. The topological polar surface area (TPSA) is 138 Å². The third kappa shape index (κ3) is 6.87. The number of nitrogens with one attached hydrogen (secondary N) is 2. The first-order valence-electron chi connectivity index (χ1n) is 8.14. The predicted molar refractivity (Wildman–Crippen MR) is 90.5 cm³/mol. The van der Waals surface area contributed by atoms with Crippen molar-refractivity contribution in [2.24, 2.45) is 10.3 Å². The van der Waals surface area contributed by atoms with Crippen molar-refractivity contribution in [3.05, 3.63) is 12.0 Å². The molecule has 11 heteroatoms. The number of hydrogen-bond donors (Lipinski definition) is 2. The lowest BCUT2D eigenvalue weighted by atomic mass is 10.1. The van der Waals surface area contributed by atoms with E-state index in [9.17, 15) is 14.4 Å². The first-order chi connectivity index (χ1) is 12.4. The summed E-state index contributed by atoms with van der Waals surface area (Å²) in [7, 11) is 3.34. The number of imidazole rings is 1. The third-order valence-corrected chi connectivity index (χ3v) is 2.98. The van der Waals surface area contributed by atoms with Gasteiger partial charge in [-0.2, -0.15) is 0 Å². The number of aromatic amines is 1. The van der Waals surface area contributed by atoms with E-state index in [2.05, 4.69) is 25.6 Å². The lowest BCUT2D eigenvalue weighted by Gasteiger charge is -2.16. The maximum atomic E-state index is 12.4. The number of esters is 2. The molecule has 26 heavy (non-hydrogen) atoms. The molecule has 2 N–H and O–H groups in total. The molecule has 1 heterocycles. The molecule has 0 aliphatic heterocycles. The normalized spacial score (nSPS) is 11.8. The molecule has 1 aromatic heterocycles. The van der Waals surface area contributed by atoms with E-state index in [0.717, 1.165) is 0 Å². The summed E-state index contributed by atoms with van der Waals surface area (Å²) in [5, 5.41) is 11.6. The Morgan fingerprint density at radius 1 is 1.27 bits per heavy atom. The number of aromatic nitrogens is 2. The Morgan fingerprint density at radius 2 is 1.96 bits per heavy atom. The Bertz CT molecular complexity index is 642. The Morgan fingerprint density at radius 3 is 2.58 bits per heavy atom. The number of carbonyl (C=O) groups is 3. The Balaban J connectivity index is 2.83. The van der Waals surface area contributed by atoms with Gasteiger partial charge in [0.05, 0.1) is 19.5 Å². The van der Waals surface area contributed by atoms with Crippen LogP contribution in [0.3, 0.4) is 0 Å². The zero-order valence-electron chi connectivity index (χ0n) is 15.3. The highest BCUT2D eigenvalue weighted by Gasteiger charge is 2.26. The Kier molecular flexibility index (Phi) is 8.75. The number of carbonyl (C=O) groups excluding carboxylic acids is 3. The van der Waals surface area contributed by atoms with Crippen molar-refractivity contribution in [1.82, 2.24) is 20.3 Å². The first kappa shape index (κ1) is 21.1. The first-order valence-corrected chi connectivity index (χ1v) is 8.14. The van der Waals surface area contributed by atoms with Crippen molar-refractivity contribution >= 4 is 23.7 Å². The molecule has 1 rings (SSSR count). The fourth-order valence-corrected chi connectivity index (χ4v) is 1.88. The molecular formula is C15H24N6O5. The van der Waals surface area contributed by atoms with Crippen molar-refractivity contribution in [1.29, 1.82) is 0 Å². The number of amides is 1. The number of rotatable bonds is 10. The van der Waals surface area contributed by atoms with Crippen LogP contribution in [0, 0.1) is 0 Å². The summed E-state index contributed by atoms with van der Waals surface area (Å²) in [5.74, 6) is -1.64. The van der Waals surface area contributed by atoms with Crippen molar-refractivity contribution in [2.75, 3.05) is 27.3 Å². The van der Waals surface area contributed by atoms with E-state index in [1.165, 1.54) is 11.3 Å². The molecule has 0 saturated heterocycles. The van der Waals surface area contributed by atoms with Gasteiger partial charge in [-0.1, -0.05) is 5.22 Å². The Labute approximate surface area is 151 Å². The van der Waals surface area contributed by atoms with Gasteiger partial charge in [0.1, 0.15) is 6.04 Å².